The number of hydrogen-bond donors (Lipinski definition) is 1. The molecular formula is C18H24N2O2. The second kappa shape index (κ2) is 6.11. The number of carbonyl (C=O) groups excluding carboxylic acids is 2. The van der Waals surface area contributed by atoms with Crippen LogP contribution in [-0.2, 0) is 16.0 Å². The van der Waals surface area contributed by atoms with Gasteiger partial charge in [-0.1, -0.05) is 32.0 Å². The predicted molar refractivity (Wildman–Crippen MR) is 86.6 cm³/mol. The summed E-state index contributed by atoms with van der Waals surface area (Å²) in [6.45, 7) is 4.88. The Kier molecular flexibility index (Phi) is 4.19. The van der Waals surface area contributed by atoms with E-state index in [-0.39, 0.29) is 17.7 Å². The maximum absolute atomic E-state index is 12.9. The van der Waals surface area contributed by atoms with Crippen molar-refractivity contribution in [1.29, 1.82) is 0 Å². The molecule has 2 amide bonds. The van der Waals surface area contributed by atoms with Crippen LogP contribution in [0.2, 0.25) is 0 Å². The number of nitrogens with one attached hydrogen (secondary N) is 1. The van der Waals surface area contributed by atoms with Gasteiger partial charge in [-0.3, -0.25) is 9.59 Å². The molecule has 1 aromatic rings. The number of hydrogen-bond acceptors (Lipinski definition) is 2. The lowest BCUT2D eigenvalue weighted by Crippen LogP contribution is -2.49. The molecule has 4 nitrogen and oxygen atoms in total. The number of carbonyl (C=O) groups is 2. The Morgan fingerprint density at radius 1 is 1.27 bits per heavy atom. The average molecular weight is 300 g/mol. The van der Waals surface area contributed by atoms with Crippen LogP contribution in [0.4, 0.5) is 5.69 Å². The van der Waals surface area contributed by atoms with Gasteiger partial charge in [0.2, 0.25) is 11.8 Å². The van der Waals surface area contributed by atoms with Gasteiger partial charge in [-0.15, -0.1) is 0 Å². The van der Waals surface area contributed by atoms with Crippen LogP contribution in [0, 0.1) is 11.8 Å². The van der Waals surface area contributed by atoms with Gasteiger partial charge in [-0.05, 0) is 43.2 Å². The quantitative estimate of drug-likeness (QED) is 0.908. The van der Waals surface area contributed by atoms with Gasteiger partial charge in [0.25, 0.3) is 0 Å². The highest BCUT2D eigenvalue weighted by molar-refractivity contribution is 6.01. The van der Waals surface area contributed by atoms with Crippen LogP contribution in [0.15, 0.2) is 24.3 Å². The second-order valence-electron chi connectivity index (χ2n) is 6.83. The summed E-state index contributed by atoms with van der Waals surface area (Å²) in [4.78, 5) is 26.9. The zero-order chi connectivity index (χ0) is 15.7. The van der Waals surface area contributed by atoms with E-state index in [9.17, 15) is 9.59 Å². The molecule has 0 saturated heterocycles. The van der Waals surface area contributed by atoms with Crippen molar-refractivity contribution in [1.82, 2.24) is 5.32 Å². The van der Waals surface area contributed by atoms with E-state index in [0.29, 0.717) is 18.9 Å². The van der Waals surface area contributed by atoms with Crippen LogP contribution in [0.1, 0.15) is 38.7 Å². The third-order valence-corrected chi connectivity index (χ3v) is 4.42. The monoisotopic (exact) mass is 300 g/mol. The molecule has 1 aliphatic carbocycles. The highest BCUT2D eigenvalue weighted by atomic mass is 16.2. The molecule has 1 N–H and O–H groups in total. The standard InChI is InChI=1S/C18H24N2O2/c1-12(2)11-15(19-17(21)14-7-8-14)18(22)20-10-9-13-5-3-4-6-16(13)20/h3-6,12,14-15H,7-11H2,1-2H3,(H,19,21)/t15-/m1/s1. The number of nitrogens with zero attached hydrogens (tertiary/aromatic N) is 1. The third kappa shape index (κ3) is 3.16. The minimum Gasteiger partial charge on any atom is -0.344 e. The van der Waals surface area contributed by atoms with Crippen molar-refractivity contribution in [2.24, 2.45) is 11.8 Å². The topological polar surface area (TPSA) is 49.4 Å². The molecular weight excluding hydrogens is 276 g/mol. The van der Waals surface area contributed by atoms with Crippen LogP contribution >= 0.6 is 0 Å². The first-order valence-corrected chi connectivity index (χ1v) is 8.26. The Bertz CT molecular complexity index is 578. The van der Waals surface area contributed by atoms with Crippen molar-refractivity contribution < 1.29 is 9.59 Å². The molecule has 1 saturated carbocycles. The maximum atomic E-state index is 12.9. The van der Waals surface area contributed by atoms with Gasteiger partial charge in [0.15, 0.2) is 0 Å². The van der Waals surface area contributed by atoms with E-state index in [2.05, 4.69) is 25.2 Å². The Balaban J connectivity index is 1.75. The number of para-hydroxylation sites is 1. The molecule has 0 aromatic heterocycles. The van der Waals surface area contributed by atoms with Crippen LogP contribution in [-0.4, -0.2) is 24.4 Å². The molecule has 3 rings (SSSR count). The van der Waals surface area contributed by atoms with E-state index in [0.717, 1.165) is 24.9 Å². The number of benzene rings is 1. The van der Waals surface area contributed by atoms with Gasteiger partial charge < -0.3 is 10.2 Å². The molecule has 0 radical (unpaired) electrons. The first-order chi connectivity index (χ1) is 10.6. The van der Waals surface area contributed by atoms with Gasteiger partial charge in [-0.25, -0.2) is 0 Å². The molecule has 0 unspecified atom stereocenters. The van der Waals surface area contributed by atoms with Crippen molar-refractivity contribution in [3.05, 3.63) is 29.8 Å². The van der Waals surface area contributed by atoms with Crippen molar-refractivity contribution in [3.63, 3.8) is 0 Å². The lowest BCUT2D eigenvalue weighted by atomic mass is 10.0. The van der Waals surface area contributed by atoms with Gasteiger partial charge in [0, 0.05) is 18.2 Å². The number of anilines is 1. The van der Waals surface area contributed by atoms with Gasteiger partial charge >= 0.3 is 0 Å². The number of rotatable bonds is 5. The van der Waals surface area contributed by atoms with Crippen molar-refractivity contribution >= 4 is 17.5 Å². The van der Waals surface area contributed by atoms with Gasteiger partial charge in [-0.2, -0.15) is 0 Å². The van der Waals surface area contributed by atoms with E-state index in [4.69, 9.17) is 0 Å². The Morgan fingerprint density at radius 3 is 2.68 bits per heavy atom. The zero-order valence-electron chi connectivity index (χ0n) is 13.3. The van der Waals surface area contributed by atoms with E-state index in [1.807, 2.05) is 23.1 Å². The Hall–Kier alpha value is -1.84. The summed E-state index contributed by atoms with van der Waals surface area (Å²) in [5.41, 5.74) is 2.22. The first kappa shape index (κ1) is 15.1. The van der Waals surface area contributed by atoms with Crippen LogP contribution < -0.4 is 10.2 Å². The molecule has 4 heteroatoms. The summed E-state index contributed by atoms with van der Waals surface area (Å²) in [6.07, 6.45) is 3.50. The SMILES string of the molecule is CC(C)C[C@@H](NC(=O)C1CC1)C(=O)N1CCc2ccccc21. The first-order valence-electron chi connectivity index (χ1n) is 8.26. The van der Waals surface area contributed by atoms with Crippen LogP contribution in [0.25, 0.3) is 0 Å². The molecule has 1 fully saturated rings. The largest absolute Gasteiger partial charge is 0.344 e. The highest BCUT2D eigenvalue weighted by Crippen LogP contribution is 2.31. The second-order valence-corrected chi connectivity index (χ2v) is 6.83. The smallest absolute Gasteiger partial charge is 0.249 e. The van der Waals surface area contributed by atoms with E-state index >= 15 is 0 Å². The molecule has 2 aliphatic rings. The molecule has 22 heavy (non-hydrogen) atoms. The van der Waals surface area contributed by atoms with E-state index < -0.39 is 6.04 Å². The Morgan fingerprint density at radius 2 is 2.00 bits per heavy atom. The third-order valence-electron chi connectivity index (χ3n) is 4.42. The molecule has 1 aliphatic heterocycles. The van der Waals surface area contributed by atoms with Crippen molar-refractivity contribution in [2.45, 2.75) is 45.6 Å². The molecule has 1 heterocycles. The summed E-state index contributed by atoms with van der Waals surface area (Å²) >= 11 is 0. The summed E-state index contributed by atoms with van der Waals surface area (Å²) in [5, 5.41) is 2.99. The minimum atomic E-state index is -0.403. The molecule has 0 bridgehead atoms. The molecule has 118 valence electrons. The highest BCUT2D eigenvalue weighted by Gasteiger charge is 2.35. The van der Waals surface area contributed by atoms with E-state index in [1.165, 1.54) is 5.56 Å². The number of amides is 2. The van der Waals surface area contributed by atoms with E-state index in [1.54, 1.807) is 0 Å². The fourth-order valence-corrected chi connectivity index (χ4v) is 3.08. The minimum absolute atomic E-state index is 0.0349. The normalized spacial score (nSPS) is 18.2. The summed E-state index contributed by atoms with van der Waals surface area (Å²) in [7, 11) is 0. The molecule has 1 aromatic carbocycles. The number of fused-ring (bicyclic) bond motifs is 1. The van der Waals surface area contributed by atoms with Crippen molar-refractivity contribution in [3.8, 4) is 0 Å². The zero-order valence-corrected chi connectivity index (χ0v) is 13.3. The Labute approximate surface area is 131 Å². The molecule has 0 spiro atoms. The van der Waals surface area contributed by atoms with Gasteiger partial charge in [0.1, 0.15) is 6.04 Å². The van der Waals surface area contributed by atoms with Crippen LogP contribution in [0.3, 0.4) is 0 Å². The average Bonchev–Trinajstić information content (AvgIpc) is 3.25. The lowest BCUT2D eigenvalue weighted by molar-refractivity contribution is -0.128. The van der Waals surface area contributed by atoms with Crippen LogP contribution in [0.5, 0.6) is 0 Å². The van der Waals surface area contributed by atoms with Gasteiger partial charge in [0.05, 0.1) is 0 Å². The summed E-state index contributed by atoms with van der Waals surface area (Å²) in [5.74, 6) is 0.582. The summed E-state index contributed by atoms with van der Waals surface area (Å²) in [6, 6.07) is 7.63. The molecule has 1 atom stereocenters. The van der Waals surface area contributed by atoms with Crippen molar-refractivity contribution in [2.75, 3.05) is 11.4 Å². The lowest BCUT2D eigenvalue weighted by Gasteiger charge is -2.26. The summed E-state index contributed by atoms with van der Waals surface area (Å²) < 4.78 is 0. The predicted octanol–water partition coefficient (Wildman–Crippen LogP) is 2.52. The fraction of sp³-hybridized carbons (Fsp3) is 0.556. The fourth-order valence-electron chi connectivity index (χ4n) is 3.08. The maximum Gasteiger partial charge on any atom is 0.249 e.